The average Bonchev–Trinajstić information content (AvgIpc) is 2.02. The van der Waals surface area contributed by atoms with Crippen molar-refractivity contribution in [3.05, 3.63) is 29.3 Å². The molecule has 0 saturated carbocycles. The zero-order chi connectivity index (χ0) is 9.47. The summed E-state index contributed by atoms with van der Waals surface area (Å²) in [6, 6.07) is 5.50. The van der Waals surface area contributed by atoms with Crippen molar-refractivity contribution in [2.45, 2.75) is 31.7 Å². The maximum Gasteiger partial charge on any atom is 0.115 e. The third-order valence-electron chi connectivity index (χ3n) is 2.85. The molecule has 1 atom stereocenters. The highest BCUT2D eigenvalue weighted by atomic mass is 16.3. The molecular weight excluding hydrogens is 162 g/mol. The summed E-state index contributed by atoms with van der Waals surface area (Å²) in [5, 5.41) is 9.32. The fourth-order valence-corrected chi connectivity index (χ4v) is 2.12. The van der Waals surface area contributed by atoms with Crippen molar-refractivity contribution in [3.8, 4) is 5.75 Å². The van der Waals surface area contributed by atoms with Crippen LogP contribution in [-0.4, -0.2) is 5.11 Å². The molecule has 0 aliphatic heterocycles. The molecule has 1 aliphatic rings. The van der Waals surface area contributed by atoms with Crippen LogP contribution in [0.15, 0.2) is 18.2 Å². The van der Waals surface area contributed by atoms with Gasteiger partial charge in [0.15, 0.2) is 0 Å². The molecule has 0 fully saturated rings. The SMILES string of the molecule is CC1(N)CCCc2cc(O)ccc21. The van der Waals surface area contributed by atoms with Gasteiger partial charge in [0, 0.05) is 5.54 Å². The Kier molecular flexibility index (Phi) is 1.81. The first kappa shape index (κ1) is 8.57. The molecular formula is C11H15NO. The molecule has 0 saturated heterocycles. The number of hydrogen-bond acceptors (Lipinski definition) is 2. The summed E-state index contributed by atoms with van der Waals surface area (Å²) >= 11 is 0. The molecule has 3 N–H and O–H groups in total. The van der Waals surface area contributed by atoms with E-state index in [0.29, 0.717) is 5.75 Å². The minimum absolute atomic E-state index is 0.207. The second-order valence-electron chi connectivity index (χ2n) is 4.11. The lowest BCUT2D eigenvalue weighted by Gasteiger charge is -2.32. The van der Waals surface area contributed by atoms with Gasteiger partial charge >= 0.3 is 0 Å². The van der Waals surface area contributed by atoms with E-state index in [2.05, 4.69) is 6.92 Å². The van der Waals surface area contributed by atoms with Crippen LogP contribution in [0.1, 0.15) is 30.9 Å². The standard InChI is InChI=1S/C11H15NO/c1-11(12)6-2-3-8-7-9(13)4-5-10(8)11/h4-5,7,13H,2-3,6,12H2,1H3. The van der Waals surface area contributed by atoms with Gasteiger partial charge in [0.2, 0.25) is 0 Å². The van der Waals surface area contributed by atoms with Gasteiger partial charge in [0.05, 0.1) is 0 Å². The van der Waals surface area contributed by atoms with Crippen LogP contribution in [0.3, 0.4) is 0 Å². The van der Waals surface area contributed by atoms with E-state index in [9.17, 15) is 5.11 Å². The molecule has 1 unspecified atom stereocenters. The Hall–Kier alpha value is -1.02. The summed E-state index contributed by atoms with van der Waals surface area (Å²) in [5.41, 5.74) is 8.35. The molecule has 1 aliphatic carbocycles. The molecule has 2 heteroatoms. The normalized spacial score (nSPS) is 26.9. The van der Waals surface area contributed by atoms with Gasteiger partial charge in [-0.25, -0.2) is 0 Å². The zero-order valence-corrected chi connectivity index (χ0v) is 7.88. The molecule has 0 amide bonds. The third-order valence-corrected chi connectivity index (χ3v) is 2.85. The topological polar surface area (TPSA) is 46.2 Å². The lowest BCUT2D eigenvalue weighted by Crippen LogP contribution is -2.36. The van der Waals surface area contributed by atoms with Crippen molar-refractivity contribution in [2.24, 2.45) is 5.73 Å². The van der Waals surface area contributed by atoms with Crippen molar-refractivity contribution in [1.29, 1.82) is 0 Å². The lowest BCUT2D eigenvalue weighted by molar-refractivity contribution is 0.406. The van der Waals surface area contributed by atoms with E-state index in [0.717, 1.165) is 19.3 Å². The second-order valence-corrected chi connectivity index (χ2v) is 4.11. The summed E-state index contributed by atoms with van der Waals surface area (Å²) in [6.07, 6.45) is 3.19. The van der Waals surface area contributed by atoms with Gasteiger partial charge in [0.25, 0.3) is 0 Å². The van der Waals surface area contributed by atoms with E-state index in [-0.39, 0.29) is 5.54 Å². The van der Waals surface area contributed by atoms with Gasteiger partial charge in [-0.1, -0.05) is 6.07 Å². The van der Waals surface area contributed by atoms with Crippen LogP contribution >= 0.6 is 0 Å². The summed E-state index contributed by atoms with van der Waals surface area (Å²) in [6.45, 7) is 2.06. The molecule has 0 heterocycles. The predicted molar refractivity (Wildman–Crippen MR) is 52.6 cm³/mol. The monoisotopic (exact) mass is 177 g/mol. The maximum absolute atomic E-state index is 9.32. The van der Waals surface area contributed by atoms with Crippen LogP contribution in [0, 0.1) is 0 Å². The highest BCUT2D eigenvalue weighted by molar-refractivity contribution is 5.40. The highest BCUT2D eigenvalue weighted by Crippen LogP contribution is 2.34. The Morgan fingerprint density at radius 2 is 2.23 bits per heavy atom. The lowest BCUT2D eigenvalue weighted by atomic mass is 9.78. The van der Waals surface area contributed by atoms with Crippen LogP contribution in [0.2, 0.25) is 0 Å². The number of aryl methyl sites for hydroxylation is 1. The van der Waals surface area contributed by atoms with Crippen LogP contribution in [0.5, 0.6) is 5.75 Å². The Balaban J connectivity index is 2.53. The predicted octanol–water partition coefficient (Wildman–Crippen LogP) is 1.90. The molecule has 0 radical (unpaired) electrons. The molecule has 1 aromatic rings. The number of benzene rings is 1. The van der Waals surface area contributed by atoms with E-state index in [4.69, 9.17) is 5.73 Å². The average molecular weight is 177 g/mol. The zero-order valence-electron chi connectivity index (χ0n) is 7.88. The number of hydrogen-bond donors (Lipinski definition) is 2. The van der Waals surface area contributed by atoms with E-state index in [1.54, 1.807) is 6.07 Å². The van der Waals surface area contributed by atoms with Crippen molar-refractivity contribution >= 4 is 0 Å². The van der Waals surface area contributed by atoms with Gasteiger partial charge in [-0.2, -0.15) is 0 Å². The number of aromatic hydroxyl groups is 1. The molecule has 0 bridgehead atoms. The number of phenols is 1. The Morgan fingerprint density at radius 1 is 1.46 bits per heavy atom. The van der Waals surface area contributed by atoms with Crippen molar-refractivity contribution < 1.29 is 5.11 Å². The van der Waals surface area contributed by atoms with Gasteiger partial charge in [0.1, 0.15) is 5.75 Å². The van der Waals surface area contributed by atoms with Crippen LogP contribution in [0.4, 0.5) is 0 Å². The first-order valence-corrected chi connectivity index (χ1v) is 4.71. The molecule has 1 aromatic carbocycles. The Labute approximate surface area is 78.4 Å². The summed E-state index contributed by atoms with van der Waals surface area (Å²) in [7, 11) is 0. The van der Waals surface area contributed by atoms with Crippen molar-refractivity contribution in [2.75, 3.05) is 0 Å². The van der Waals surface area contributed by atoms with E-state index < -0.39 is 0 Å². The largest absolute Gasteiger partial charge is 0.508 e. The van der Waals surface area contributed by atoms with Gasteiger partial charge < -0.3 is 10.8 Å². The molecule has 0 aromatic heterocycles. The molecule has 2 nitrogen and oxygen atoms in total. The smallest absolute Gasteiger partial charge is 0.115 e. The highest BCUT2D eigenvalue weighted by Gasteiger charge is 2.27. The Bertz CT molecular complexity index is 331. The first-order valence-electron chi connectivity index (χ1n) is 4.71. The first-order chi connectivity index (χ1) is 6.09. The van der Waals surface area contributed by atoms with E-state index >= 15 is 0 Å². The van der Waals surface area contributed by atoms with E-state index in [1.807, 2.05) is 12.1 Å². The molecule has 13 heavy (non-hydrogen) atoms. The van der Waals surface area contributed by atoms with Crippen molar-refractivity contribution in [1.82, 2.24) is 0 Å². The quantitative estimate of drug-likeness (QED) is 0.635. The fourth-order valence-electron chi connectivity index (χ4n) is 2.12. The third kappa shape index (κ3) is 1.42. The fraction of sp³-hybridized carbons (Fsp3) is 0.455. The number of rotatable bonds is 0. The van der Waals surface area contributed by atoms with Crippen LogP contribution in [-0.2, 0) is 12.0 Å². The maximum atomic E-state index is 9.32. The van der Waals surface area contributed by atoms with Crippen LogP contribution < -0.4 is 5.73 Å². The minimum atomic E-state index is -0.207. The number of nitrogens with two attached hydrogens (primary N) is 1. The van der Waals surface area contributed by atoms with E-state index in [1.165, 1.54) is 11.1 Å². The van der Waals surface area contributed by atoms with Crippen molar-refractivity contribution in [3.63, 3.8) is 0 Å². The number of phenolic OH excluding ortho intramolecular Hbond substituents is 1. The number of fused-ring (bicyclic) bond motifs is 1. The minimum Gasteiger partial charge on any atom is -0.508 e. The second kappa shape index (κ2) is 2.74. The van der Waals surface area contributed by atoms with Crippen LogP contribution in [0.25, 0.3) is 0 Å². The summed E-state index contributed by atoms with van der Waals surface area (Å²) < 4.78 is 0. The van der Waals surface area contributed by atoms with Gasteiger partial charge in [-0.3, -0.25) is 0 Å². The molecule has 2 rings (SSSR count). The van der Waals surface area contributed by atoms with Gasteiger partial charge in [-0.15, -0.1) is 0 Å². The summed E-state index contributed by atoms with van der Waals surface area (Å²) in [4.78, 5) is 0. The molecule has 70 valence electrons. The Morgan fingerprint density at radius 3 is 3.00 bits per heavy atom. The molecule has 0 spiro atoms. The summed E-state index contributed by atoms with van der Waals surface area (Å²) in [5.74, 6) is 0.344. The van der Waals surface area contributed by atoms with Gasteiger partial charge in [-0.05, 0) is 49.4 Å².